The zero-order valence-electron chi connectivity index (χ0n) is 14.1. The summed E-state index contributed by atoms with van der Waals surface area (Å²) >= 11 is 12.6. The van der Waals surface area contributed by atoms with Gasteiger partial charge in [0.15, 0.2) is 5.41 Å². The normalized spacial score (nSPS) is 29.5. The van der Waals surface area contributed by atoms with Crippen LogP contribution < -0.4 is 4.90 Å². The molecule has 2 aliphatic rings. The van der Waals surface area contributed by atoms with Gasteiger partial charge in [-0.15, -0.1) is 0 Å². The summed E-state index contributed by atoms with van der Waals surface area (Å²) in [5, 5.41) is 38.7. The van der Waals surface area contributed by atoms with Crippen LogP contribution in [0.15, 0.2) is 30.0 Å². The van der Waals surface area contributed by atoms with Gasteiger partial charge in [0.2, 0.25) is 0 Å². The number of allylic oxidation sites excluding steroid dienone is 1. The lowest BCUT2D eigenvalue weighted by Crippen LogP contribution is -3.05. The molecule has 0 radical (unpaired) electrons. The van der Waals surface area contributed by atoms with Gasteiger partial charge in [-0.2, -0.15) is 15.8 Å². The number of halogens is 2. The molecule has 1 aliphatic heterocycles. The Morgan fingerprint density at radius 3 is 2.54 bits per heavy atom. The van der Waals surface area contributed by atoms with E-state index in [2.05, 4.69) is 6.07 Å². The molecule has 2 N–H and O–H groups in total. The molecule has 1 saturated carbocycles. The van der Waals surface area contributed by atoms with Gasteiger partial charge in [-0.3, -0.25) is 0 Å². The third kappa shape index (κ3) is 2.51. The summed E-state index contributed by atoms with van der Waals surface area (Å²) in [6, 6.07) is 11.4. The van der Waals surface area contributed by atoms with Crippen LogP contribution in [0.25, 0.3) is 0 Å². The van der Waals surface area contributed by atoms with Crippen LogP contribution in [0.1, 0.15) is 17.9 Å². The van der Waals surface area contributed by atoms with Crippen molar-refractivity contribution in [3.63, 3.8) is 0 Å². The molecular formula is C19H16Cl2N5+. The second kappa shape index (κ2) is 6.75. The lowest BCUT2D eigenvalue weighted by atomic mass is 9.54. The maximum atomic E-state index is 9.94. The molecule has 130 valence electrons. The van der Waals surface area contributed by atoms with E-state index in [1.807, 2.05) is 25.4 Å². The first kappa shape index (κ1) is 18.4. The van der Waals surface area contributed by atoms with Gasteiger partial charge in [-0.05, 0) is 11.6 Å². The first-order valence-electron chi connectivity index (χ1n) is 8.20. The number of benzene rings is 1. The lowest BCUT2D eigenvalue weighted by molar-refractivity contribution is -0.828. The van der Waals surface area contributed by atoms with E-state index in [4.69, 9.17) is 28.6 Å². The first-order valence-corrected chi connectivity index (χ1v) is 8.95. The van der Waals surface area contributed by atoms with Crippen molar-refractivity contribution in [1.82, 2.24) is 0 Å². The molecule has 7 heteroatoms. The monoisotopic (exact) mass is 384 g/mol. The van der Waals surface area contributed by atoms with Gasteiger partial charge < -0.3 is 10.3 Å². The van der Waals surface area contributed by atoms with Crippen LogP contribution in [0.5, 0.6) is 0 Å². The van der Waals surface area contributed by atoms with Crippen molar-refractivity contribution in [2.45, 2.75) is 12.3 Å². The molecule has 4 atom stereocenters. The van der Waals surface area contributed by atoms with E-state index in [1.54, 1.807) is 18.2 Å². The number of hydrogen-bond donors (Lipinski definition) is 2. The second-order valence-corrected chi connectivity index (χ2v) is 7.55. The smallest absolute Gasteiger partial charge is 0.189 e. The van der Waals surface area contributed by atoms with Gasteiger partial charge in [-0.25, -0.2) is 0 Å². The molecule has 5 nitrogen and oxygen atoms in total. The van der Waals surface area contributed by atoms with Crippen molar-refractivity contribution < 1.29 is 4.90 Å². The molecule has 0 spiro atoms. The molecule has 1 aliphatic carbocycles. The highest BCUT2D eigenvalue weighted by Crippen LogP contribution is 2.55. The summed E-state index contributed by atoms with van der Waals surface area (Å²) in [7, 11) is 1.99. The minimum atomic E-state index is -1.75. The summed E-state index contributed by atoms with van der Waals surface area (Å²) in [5.74, 6) is -1.73. The minimum absolute atomic E-state index is 0.178. The van der Waals surface area contributed by atoms with Crippen LogP contribution in [0.2, 0.25) is 10.0 Å². The minimum Gasteiger partial charge on any atom is -0.311 e. The predicted octanol–water partition coefficient (Wildman–Crippen LogP) is 2.70. The average molecular weight is 385 g/mol. The summed E-state index contributed by atoms with van der Waals surface area (Å²) in [5.41, 5.74) is -0.548. The fourth-order valence-electron chi connectivity index (χ4n) is 4.17. The van der Waals surface area contributed by atoms with Crippen molar-refractivity contribution in [3.8, 4) is 18.2 Å². The number of rotatable bonds is 1. The molecule has 0 aromatic heterocycles. The quantitative estimate of drug-likeness (QED) is 0.777. The number of nitriles is 3. The Labute approximate surface area is 162 Å². The summed E-state index contributed by atoms with van der Waals surface area (Å²) in [4.78, 5) is 1.13. The van der Waals surface area contributed by atoms with Crippen LogP contribution in [-0.4, -0.2) is 19.3 Å². The molecule has 3 rings (SSSR count). The highest BCUT2D eigenvalue weighted by atomic mass is 35.5. The van der Waals surface area contributed by atoms with Gasteiger partial charge in [0.1, 0.15) is 5.92 Å². The molecule has 1 aromatic carbocycles. The lowest BCUT2D eigenvalue weighted by Gasteiger charge is -2.45. The fourth-order valence-corrected chi connectivity index (χ4v) is 4.59. The third-order valence-corrected chi connectivity index (χ3v) is 6.24. The zero-order chi connectivity index (χ0) is 19.1. The number of nitrogens with one attached hydrogen (secondary N) is 2. The molecule has 0 amide bonds. The van der Waals surface area contributed by atoms with E-state index in [1.165, 1.54) is 0 Å². The van der Waals surface area contributed by atoms with Crippen LogP contribution in [0.4, 0.5) is 0 Å². The highest BCUT2D eigenvalue weighted by Gasteiger charge is 2.58. The maximum Gasteiger partial charge on any atom is 0.189 e. The van der Waals surface area contributed by atoms with Crippen LogP contribution in [0.3, 0.4) is 0 Å². The van der Waals surface area contributed by atoms with Gasteiger partial charge in [0.05, 0.1) is 53.8 Å². The van der Waals surface area contributed by atoms with E-state index in [9.17, 15) is 15.8 Å². The first-order chi connectivity index (χ1) is 12.4. The summed E-state index contributed by atoms with van der Waals surface area (Å²) < 4.78 is 0. The zero-order valence-corrected chi connectivity index (χ0v) is 15.6. The molecule has 0 bridgehead atoms. The number of fused-ring (bicyclic) bond motifs is 1. The third-order valence-electron chi connectivity index (χ3n) is 5.40. The van der Waals surface area contributed by atoms with Crippen molar-refractivity contribution in [1.29, 1.82) is 21.2 Å². The number of quaternary nitrogens is 1. The maximum absolute atomic E-state index is 9.94. The van der Waals surface area contributed by atoms with Crippen molar-refractivity contribution >= 4 is 28.9 Å². The Morgan fingerprint density at radius 1 is 1.23 bits per heavy atom. The van der Waals surface area contributed by atoms with Crippen LogP contribution >= 0.6 is 23.2 Å². The second-order valence-electron chi connectivity index (χ2n) is 6.76. The molecule has 2 unspecified atom stereocenters. The molecule has 26 heavy (non-hydrogen) atoms. The number of hydrogen-bond acceptors (Lipinski definition) is 4. The van der Waals surface area contributed by atoms with Crippen molar-refractivity contribution in [3.05, 3.63) is 45.6 Å². The van der Waals surface area contributed by atoms with Crippen molar-refractivity contribution in [2.75, 3.05) is 13.6 Å². The molecule has 1 fully saturated rings. The van der Waals surface area contributed by atoms with E-state index in [0.717, 1.165) is 17.0 Å². The highest BCUT2D eigenvalue weighted by molar-refractivity contribution is 6.42. The Balaban J connectivity index is 2.32. The average Bonchev–Trinajstić information content (AvgIpc) is 2.64. The van der Waals surface area contributed by atoms with E-state index >= 15 is 0 Å². The van der Waals surface area contributed by atoms with Gasteiger partial charge >= 0.3 is 0 Å². The van der Waals surface area contributed by atoms with Gasteiger partial charge in [-0.1, -0.05) is 35.3 Å². The van der Waals surface area contributed by atoms with Gasteiger partial charge in [0, 0.05) is 23.8 Å². The Kier molecular flexibility index (Phi) is 4.78. The predicted molar refractivity (Wildman–Crippen MR) is 97.6 cm³/mol. The molecule has 1 aromatic rings. The van der Waals surface area contributed by atoms with E-state index in [0.29, 0.717) is 22.0 Å². The van der Waals surface area contributed by atoms with Gasteiger partial charge in [0.25, 0.3) is 0 Å². The number of nitrogens with zero attached hydrogens (tertiary/aromatic N) is 3. The molecule has 0 saturated heterocycles. The Bertz CT molecular complexity index is 917. The van der Waals surface area contributed by atoms with Crippen LogP contribution in [-0.2, 0) is 0 Å². The summed E-state index contributed by atoms with van der Waals surface area (Å²) in [6.45, 7) is 0.807. The van der Waals surface area contributed by atoms with E-state index in [-0.39, 0.29) is 11.6 Å². The standard InChI is InChI=1S/C19H15Cl2N5/c1-26-6-5-11-14(8-26)13(7-22)18(25)19(9-23,10-24)16(11)12-3-2-4-15(20)17(12)21/h2-4,8,11,13,16,25H,5-6H2,1H3/p+1/t11-,13?,16+/m0/s1. The summed E-state index contributed by atoms with van der Waals surface area (Å²) in [6.07, 6.45) is 2.64. The SMILES string of the molecule is C[NH+]1C=C2C(C#N)C(=N)C(C#N)(C#N)[C@@H](c3cccc(Cl)c3Cl)[C@H]2CC1. The molecular weight excluding hydrogens is 369 g/mol. The topological polar surface area (TPSA) is 99.7 Å². The fraction of sp³-hybridized carbons (Fsp3) is 0.368. The molecule has 1 heterocycles. The van der Waals surface area contributed by atoms with E-state index < -0.39 is 17.3 Å². The van der Waals surface area contributed by atoms with Crippen LogP contribution in [0, 0.1) is 56.7 Å². The Morgan fingerprint density at radius 2 is 1.92 bits per heavy atom. The largest absolute Gasteiger partial charge is 0.311 e. The van der Waals surface area contributed by atoms with Crippen molar-refractivity contribution in [2.24, 2.45) is 17.3 Å². The Hall–Kier alpha value is -2.36.